The summed E-state index contributed by atoms with van der Waals surface area (Å²) in [6, 6.07) is 16.5. The fourth-order valence-electron chi connectivity index (χ4n) is 3.89. The van der Waals surface area contributed by atoms with Gasteiger partial charge in [0, 0.05) is 49.6 Å². The van der Waals surface area contributed by atoms with E-state index in [1.54, 1.807) is 11.3 Å². The van der Waals surface area contributed by atoms with Gasteiger partial charge in [-0.05, 0) is 42.1 Å². The molecule has 0 aliphatic carbocycles. The molecule has 3 aromatic heterocycles. The normalized spacial score (nSPS) is 13.7. The van der Waals surface area contributed by atoms with E-state index in [2.05, 4.69) is 39.5 Å². The highest BCUT2D eigenvalue weighted by Gasteiger charge is 2.19. The molecule has 0 saturated carbocycles. The number of nitrogens with zero attached hydrogens (tertiary/aromatic N) is 4. The first-order valence-electron chi connectivity index (χ1n) is 10.6. The largest absolute Gasteiger partial charge is 0.494 e. The summed E-state index contributed by atoms with van der Waals surface area (Å²) < 4.78 is 5.61. The first kappa shape index (κ1) is 19.8. The maximum Gasteiger partial charge on any atom is 0.169 e. The van der Waals surface area contributed by atoms with E-state index in [9.17, 15) is 0 Å². The van der Waals surface area contributed by atoms with Gasteiger partial charge in [-0.15, -0.1) is 11.3 Å². The molecule has 5 nitrogen and oxygen atoms in total. The van der Waals surface area contributed by atoms with Crippen LogP contribution in [-0.2, 0) is 19.5 Å². The van der Waals surface area contributed by atoms with Crippen LogP contribution in [0.5, 0.6) is 5.75 Å². The van der Waals surface area contributed by atoms with E-state index in [1.807, 2.05) is 43.6 Å². The first-order valence-corrected chi connectivity index (χ1v) is 11.5. The molecule has 1 aromatic carbocycles. The molecule has 0 amide bonds. The zero-order valence-corrected chi connectivity index (χ0v) is 18.3. The van der Waals surface area contributed by atoms with Gasteiger partial charge in [-0.3, -0.25) is 9.88 Å². The van der Waals surface area contributed by atoms with Crippen molar-refractivity contribution in [1.29, 1.82) is 0 Å². The number of benzene rings is 1. The molecule has 0 N–H and O–H groups in total. The van der Waals surface area contributed by atoms with Crippen LogP contribution in [0.15, 0.2) is 66.3 Å². The number of hydrogen-bond acceptors (Lipinski definition) is 6. The summed E-state index contributed by atoms with van der Waals surface area (Å²) >= 11 is 1.68. The fraction of sp³-hybridized carbons (Fsp3) is 0.240. The molecule has 6 heteroatoms. The topological polar surface area (TPSA) is 51.1 Å². The van der Waals surface area contributed by atoms with Crippen LogP contribution in [-0.4, -0.2) is 33.0 Å². The second kappa shape index (κ2) is 8.96. The van der Waals surface area contributed by atoms with Crippen molar-refractivity contribution >= 4 is 11.3 Å². The lowest BCUT2D eigenvalue weighted by atomic mass is 10.1. The number of rotatable bonds is 6. The van der Waals surface area contributed by atoms with Gasteiger partial charge in [0.1, 0.15) is 5.75 Å². The van der Waals surface area contributed by atoms with E-state index in [-0.39, 0.29) is 0 Å². The zero-order chi connectivity index (χ0) is 21.0. The van der Waals surface area contributed by atoms with Crippen LogP contribution >= 0.6 is 11.3 Å². The summed E-state index contributed by atoms with van der Waals surface area (Å²) in [6.07, 6.45) is 4.93. The molecule has 0 spiro atoms. The van der Waals surface area contributed by atoms with Gasteiger partial charge in [-0.2, -0.15) is 0 Å². The Labute approximate surface area is 186 Å². The number of fused-ring (bicyclic) bond motifs is 1. The van der Waals surface area contributed by atoms with Gasteiger partial charge in [-0.25, -0.2) is 9.97 Å². The lowest BCUT2D eigenvalue weighted by molar-refractivity contribution is 0.242. The highest BCUT2D eigenvalue weighted by atomic mass is 32.1. The summed E-state index contributed by atoms with van der Waals surface area (Å²) in [4.78, 5) is 17.7. The number of thiophene rings is 1. The van der Waals surface area contributed by atoms with Crippen LogP contribution in [0.1, 0.15) is 23.7 Å². The number of pyridine rings is 1. The average Bonchev–Trinajstić information content (AvgIpc) is 3.35. The average molecular weight is 429 g/mol. The molecule has 31 heavy (non-hydrogen) atoms. The molecule has 0 saturated heterocycles. The van der Waals surface area contributed by atoms with Gasteiger partial charge in [0.05, 0.1) is 22.9 Å². The van der Waals surface area contributed by atoms with E-state index in [0.29, 0.717) is 6.61 Å². The molecule has 5 rings (SSSR count). The minimum absolute atomic E-state index is 0.662. The van der Waals surface area contributed by atoms with Crippen LogP contribution in [0.3, 0.4) is 0 Å². The Morgan fingerprint density at radius 2 is 2.03 bits per heavy atom. The van der Waals surface area contributed by atoms with Gasteiger partial charge in [0.2, 0.25) is 0 Å². The Bertz CT molecular complexity index is 1160. The monoisotopic (exact) mass is 428 g/mol. The van der Waals surface area contributed by atoms with Gasteiger partial charge < -0.3 is 4.74 Å². The van der Waals surface area contributed by atoms with Crippen molar-refractivity contribution in [2.45, 2.75) is 26.4 Å². The lowest BCUT2D eigenvalue weighted by Crippen LogP contribution is -2.31. The van der Waals surface area contributed by atoms with Crippen molar-refractivity contribution in [3.63, 3.8) is 0 Å². The highest BCUT2D eigenvalue weighted by molar-refractivity contribution is 7.13. The molecule has 0 fully saturated rings. The third kappa shape index (κ3) is 4.50. The van der Waals surface area contributed by atoms with Crippen molar-refractivity contribution in [3.8, 4) is 27.7 Å². The fourth-order valence-corrected chi connectivity index (χ4v) is 4.56. The zero-order valence-electron chi connectivity index (χ0n) is 17.5. The lowest BCUT2D eigenvalue weighted by Gasteiger charge is -2.28. The predicted octanol–water partition coefficient (Wildman–Crippen LogP) is 5.22. The van der Waals surface area contributed by atoms with Crippen LogP contribution in [0, 0.1) is 0 Å². The molecular weight excluding hydrogens is 404 g/mol. The molecule has 1 aliphatic rings. The maximum atomic E-state index is 5.61. The Balaban J connectivity index is 1.25. The Morgan fingerprint density at radius 1 is 1.06 bits per heavy atom. The van der Waals surface area contributed by atoms with Crippen molar-refractivity contribution in [2.24, 2.45) is 0 Å². The summed E-state index contributed by atoms with van der Waals surface area (Å²) in [5, 5.41) is 2.06. The second-order valence-electron chi connectivity index (χ2n) is 7.62. The molecule has 4 heterocycles. The number of aromatic nitrogens is 3. The van der Waals surface area contributed by atoms with Crippen LogP contribution in [0.25, 0.3) is 22.0 Å². The summed E-state index contributed by atoms with van der Waals surface area (Å²) in [5.41, 5.74) is 5.65. The van der Waals surface area contributed by atoms with Crippen molar-refractivity contribution < 1.29 is 4.74 Å². The molecule has 4 aromatic rings. The van der Waals surface area contributed by atoms with Gasteiger partial charge in [-0.1, -0.05) is 24.3 Å². The van der Waals surface area contributed by atoms with Crippen LogP contribution in [0.2, 0.25) is 0 Å². The minimum atomic E-state index is 0.662. The molecule has 156 valence electrons. The minimum Gasteiger partial charge on any atom is -0.494 e. The quantitative estimate of drug-likeness (QED) is 0.421. The first-order chi connectivity index (χ1) is 15.3. The van der Waals surface area contributed by atoms with E-state index < -0.39 is 0 Å². The summed E-state index contributed by atoms with van der Waals surface area (Å²) in [7, 11) is 0. The third-order valence-electron chi connectivity index (χ3n) is 5.43. The molecule has 0 bridgehead atoms. The van der Waals surface area contributed by atoms with Crippen molar-refractivity contribution in [1.82, 2.24) is 19.9 Å². The van der Waals surface area contributed by atoms with Crippen molar-refractivity contribution in [2.75, 3.05) is 13.2 Å². The third-order valence-corrected chi connectivity index (χ3v) is 6.29. The Hall–Kier alpha value is -3.09. The SMILES string of the molecule is CCOc1cccc(-c2ccc(CN3CCc4nc(-c5cccs5)ncc4C3)cn2)c1. The summed E-state index contributed by atoms with van der Waals surface area (Å²) in [5.74, 6) is 1.72. The Kier molecular flexibility index (Phi) is 5.74. The maximum absolute atomic E-state index is 5.61. The standard InChI is InChI=1S/C25H24N4OS/c1-2-30-21-6-3-5-19(13-21)22-9-8-18(14-26-22)16-29-11-10-23-20(17-29)15-27-25(28-23)24-7-4-12-31-24/h3-9,12-15H,2,10-11,16-17H2,1H3. The highest BCUT2D eigenvalue weighted by Crippen LogP contribution is 2.26. The predicted molar refractivity (Wildman–Crippen MR) is 124 cm³/mol. The van der Waals surface area contributed by atoms with E-state index in [0.717, 1.165) is 53.8 Å². The molecule has 0 radical (unpaired) electrons. The van der Waals surface area contributed by atoms with E-state index in [4.69, 9.17) is 14.7 Å². The summed E-state index contributed by atoms with van der Waals surface area (Å²) in [6.45, 7) is 5.39. The van der Waals surface area contributed by atoms with Crippen molar-refractivity contribution in [3.05, 3.63) is 83.1 Å². The molecule has 1 aliphatic heterocycles. The van der Waals surface area contributed by atoms with Gasteiger partial charge >= 0.3 is 0 Å². The molecule has 0 unspecified atom stereocenters. The Morgan fingerprint density at radius 3 is 2.84 bits per heavy atom. The van der Waals surface area contributed by atoms with Crippen LogP contribution in [0.4, 0.5) is 0 Å². The van der Waals surface area contributed by atoms with E-state index in [1.165, 1.54) is 16.8 Å². The van der Waals surface area contributed by atoms with E-state index >= 15 is 0 Å². The number of ether oxygens (including phenoxy) is 1. The number of hydrogen-bond donors (Lipinski definition) is 0. The second-order valence-corrected chi connectivity index (χ2v) is 8.56. The van der Waals surface area contributed by atoms with Crippen LogP contribution < -0.4 is 4.74 Å². The molecule has 0 atom stereocenters. The van der Waals surface area contributed by atoms with Gasteiger partial charge in [0.15, 0.2) is 5.82 Å². The van der Waals surface area contributed by atoms with Gasteiger partial charge in [0.25, 0.3) is 0 Å². The molecular formula is C25H24N4OS. The smallest absolute Gasteiger partial charge is 0.169 e.